The molecular weight excluding hydrogens is 241 g/mol. The van der Waals surface area contributed by atoms with Crippen LogP contribution < -0.4 is 5.73 Å². The molecule has 0 aliphatic rings. The number of imidazole rings is 1. The smallest absolute Gasteiger partial charge is 0.131 e. The molecular formula is C15H20FN3. The Balaban J connectivity index is 2.54. The molecule has 102 valence electrons. The number of anilines is 1. The second kappa shape index (κ2) is 5.03. The zero-order valence-corrected chi connectivity index (χ0v) is 11.9. The van der Waals surface area contributed by atoms with Gasteiger partial charge in [-0.25, -0.2) is 9.37 Å². The van der Waals surface area contributed by atoms with E-state index in [1.807, 2.05) is 18.4 Å². The van der Waals surface area contributed by atoms with Gasteiger partial charge in [0.15, 0.2) is 0 Å². The molecule has 0 radical (unpaired) electrons. The van der Waals surface area contributed by atoms with Crippen molar-refractivity contribution in [2.24, 2.45) is 5.92 Å². The summed E-state index contributed by atoms with van der Waals surface area (Å²) in [4.78, 5) is 4.51. The van der Waals surface area contributed by atoms with E-state index in [9.17, 15) is 4.39 Å². The fourth-order valence-corrected chi connectivity index (χ4v) is 2.22. The Bertz CT molecular complexity index is 600. The van der Waals surface area contributed by atoms with Crippen molar-refractivity contribution in [3.63, 3.8) is 0 Å². The average Bonchev–Trinajstić information content (AvgIpc) is 2.60. The Morgan fingerprint density at radius 1 is 1.32 bits per heavy atom. The minimum Gasteiger partial charge on any atom is -0.383 e. The minimum atomic E-state index is -0.268. The van der Waals surface area contributed by atoms with Gasteiger partial charge in [0.1, 0.15) is 23.2 Å². The van der Waals surface area contributed by atoms with Crippen LogP contribution in [0.15, 0.2) is 18.2 Å². The minimum absolute atomic E-state index is 0.268. The Hall–Kier alpha value is -1.84. The lowest BCUT2D eigenvalue weighted by Crippen LogP contribution is -2.09. The second-order valence-electron chi connectivity index (χ2n) is 5.36. The lowest BCUT2D eigenvalue weighted by molar-refractivity contribution is 0.518. The van der Waals surface area contributed by atoms with Crippen molar-refractivity contribution < 1.29 is 4.39 Å². The van der Waals surface area contributed by atoms with Crippen LogP contribution in [-0.4, -0.2) is 9.55 Å². The Labute approximate surface area is 113 Å². The Morgan fingerprint density at radius 2 is 2.00 bits per heavy atom. The van der Waals surface area contributed by atoms with Crippen LogP contribution in [0.2, 0.25) is 0 Å². The van der Waals surface area contributed by atoms with E-state index in [4.69, 9.17) is 5.73 Å². The van der Waals surface area contributed by atoms with Crippen LogP contribution in [0.4, 0.5) is 10.2 Å². The summed E-state index contributed by atoms with van der Waals surface area (Å²) in [6.07, 6.45) is 0. The summed E-state index contributed by atoms with van der Waals surface area (Å²) < 4.78 is 15.4. The molecule has 0 bridgehead atoms. The van der Waals surface area contributed by atoms with Gasteiger partial charge in [0.25, 0.3) is 0 Å². The van der Waals surface area contributed by atoms with Gasteiger partial charge in [0, 0.05) is 12.1 Å². The summed E-state index contributed by atoms with van der Waals surface area (Å²) in [5.74, 6) is 1.69. The third kappa shape index (κ3) is 2.62. The molecule has 2 rings (SSSR count). The van der Waals surface area contributed by atoms with Crippen molar-refractivity contribution in [2.45, 2.75) is 34.2 Å². The molecule has 0 aliphatic heterocycles. The van der Waals surface area contributed by atoms with Crippen LogP contribution in [0.25, 0.3) is 11.3 Å². The molecule has 0 amide bonds. The molecule has 2 N–H and O–H groups in total. The monoisotopic (exact) mass is 261 g/mol. The van der Waals surface area contributed by atoms with Crippen molar-refractivity contribution in [3.8, 4) is 11.3 Å². The van der Waals surface area contributed by atoms with Gasteiger partial charge >= 0.3 is 0 Å². The third-order valence-corrected chi connectivity index (χ3v) is 3.20. The molecule has 0 fully saturated rings. The number of rotatable bonds is 3. The molecule has 0 saturated heterocycles. The first-order valence-electron chi connectivity index (χ1n) is 6.49. The predicted molar refractivity (Wildman–Crippen MR) is 76.3 cm³/mol. The van der Waals surface area contributed by atoms with E-state index in [0.29, 0.717) is 17.4 Å². The number of nitrogens with two attached hydrogens (primary N) is 1. The highest BCUT2D eigenvalue weighted by Crippen LogP contribution is 2.29. The zero-order chi connectivity index (χ0) is 14.2. The van der Waals surface area contributed by atoms with E-state index in [-0.39, 0.29) is 5.82 Å². The number of halogens is 1. The summed E-state index contributed by atoms with van der Waals surface area (Å²) in [6, 6.07) is 4.70. The highest BCUT2D eigenvalue weighted by Gasteiger charge is 2.16. The van der Waals surface area contributed by atoms with Gasteiger partial charge in [-0.05, 0) is 37.5 Å². The number of aryl methyl sites for hydroxylation is 2. The first-order chi connectivity index (χ1) is 8.90. The fourth-order valence-electron chi connectivity index (χ4n) is 2.22. The van der Waals surface area contributed by atoms with Crippen LogP contribution >= 0.6 is 0 Å². The first kappa shape index (κ1) is 13.6. The maximum absolute atomic E-state index is 13.4. The number of hydrogen-bond donors (Lipinski definition) is 1. The van der Waals surface area contributed by atoms with Gasteiger partial charge in [-0.3, -0.25) is 0 Å². The molecule has 3 nitrogen and oxygen atoms in total. The van der Waals surface area contributed by atoms with Crippen molar-refractivity contribution in [1.29, 1.82) is 0 Å². The fraction of sp³-hybridized carbons (Fsp3) is 0.400. The molecule has 0 saturated carbocycles. The summed E-state index contributed by atoms with van der Waals surface area (Å²) in [7, 11) is 0. The summed E-state index contributed by atoms with van der Waals surface area (Å²) >= 11 is 0. The molecule has 1 aromatic carbocycles. The molecule has 1 aromatic heterocycles. The lowest BCUT2D eigenvalue weighted by atomic mass is 10.1. The van der Waals surface area contributed by atoms with Gasteiger partial charge in [0.2, 0.25) is 0 Å². The SMILES string of the molecule is Cc1ccc(F)cc1-c1nc(C)n(CC(C)C)c1N. The molecule has 1 heterocycles. The van der Waals surface area contributed by atoms with Crippen LogP contribution in [-0.2, 0) is 6.54 Å². The number of hydrogen-bond acceptors (Lipinski definition) is 2. The third-order valence-electron chi connectivity index (χ3n) is 3.20. The molecule has 0 spiro atoms. The normalized spacial score (nSPS) is 11.3. The van der Waals surface area contributed by atoms with Crippen LogP contribution in [0.5, 0.6) is 0 Å². The standard InChI is InChI=1S/C15H20FN3/c1-9(2)8-19-11(4)18-14(15(19)17)13-7-12(16)6-5-10(13)3/h5-7,9H,8,17H2,1-4H3. The van der Waals surface area contributed by atoms with Crippen molar-refractivity contribution >= 4 is 5.82 Å². The number of aromatic nitrogens is 2. The topological polar surface area (TPSA) is 43.8 Å². The molecule has 4 heteroatoms. The van der Waals surface area contributed by atoms with Gasteiger partial charge in [-0.2, -0.15) is 0 Å². The van der Waals surface area contributed by atoms with Crippen LogP contribution in [0, 0.1) is 25.6 Å². The van der Waals surface area contributed by atoms with Gasteiger partial charge in [-0.15, -0.1) is 0 Å². The first-order valence-corrected chi connectivity index (χ1v) is 6.49. The van der Waals surface area contributed by atoms with E-state index in [0.717, 1.165) is 23.5 Å². The maximum atomic E-state index is 13.4. The predicted octanol–water partition coefficient (Wildman–Crippen LogP) is 3.54. The number of nitrogens with zero attached hydrogens (tertiary/aromatic N) is 2. The van der Waals surface area contributed by atoms with Gasteiger partial charge in [0.05, 0.1) is 0 Å². The van der Waals surface area contributed by atoms with Crippen molar-refractivity contribution in [2.75, 3.05) is 5.73 Å². The molecule has 0 aliphatic carbocycles. The summed E-state index contributed by atoms with van der Waals surface area (Å²) in [6.45, 7) is 8.94. The van der Waals surface area contributed by atoms with Crippen LogP contribution in [0.3, 0.4) is 0 Å². The number of benzene rings is 1. The Morgan fingerprint density at radius 3 is 2.63 bits per heavy atom. The summed E-state index contributed by atoms with van der Waals surface area (Å²) in [5.41, 5.74) is 8.60. The lowest BCUT2D eigenvalue weighted by Gasteiger charge is -2.10. The van der Waals surface area contributed by atoms with Gasteiger partial charge < -0.3 is 10.3 Å². The van der Waals surface area contributed by atoms with Crippen molar-refractivity contribution in [3.05, 3.63) is 35.4 Å². The van der Waals surface area contributed by atoms with Crippen molar-refractivity contribution in [1.82, 2.24) is 9.55 Å². The van der Waals surface area contributed by atoms with E-state index >= 15 is 0 Å². The average molecular weight is 261 g/mol. The molecule has 0 unspecified atom stereocenters. The molecule has 19 heavy (non-hydrogen) atoms. The zero-order valence-electron chi connectivity index (χ0n) is 11.9. The van der Waals surface area contributed by atoms with E-state index in [2.05, 4.69) is 18.8 Å². The van der Waals surface area contributed by atoms with Crippen LogP contribution in [0.1, 0.15) is 25.2 Å². The molecule has 0 atom stereocenters. The summed E-state index contributed by atoms with van der Waals surface area (Å²) in [5, 5.41) is 0. The maximum Gasteiger partial charge on any atom is 0.131 e. The number of nitrogen functional groups attached to an aromatic ring is 1. The highest BCUT2D eigenvalue weighted by molar-refractivity contribution is 5.73. The van der Waals surface area contributed by atoms with E-state index < -0.39 is 0 Å². The highest BCUT2D eigenvalue weighted by atomic mass is 19.1. The van der Waals surface area contributed by atoms with E-state index in [1.165, 1.54) is 12.1 Å². The van der Waals surface area contributed by atoms with Gasteiger partial charge in [-0.1, -0.05) is 19.9 Å². The van der Waals surface area contributed by atoms with E-state index in [1.54, 1.807) is 6.07 Å². The molecule has 2 aromatic rings. The quantitative estimate of drug-likeness (QED) is 0.918. The Kier molecular flexibility index (Phi) is 3.60. The largest absolute Gasteiger partial charge is 0.383 e. The second-order valence-corrected chi connectivity index (χ2v) is 5.36.